The maximum atomic E-state index is 5.61. The summed E-state index contributed by atoms with van der Waals surface area (Å²) in [6.45, 7) is 4.80. The molecule has 2 N–H and O–H groups in total. The largest absolute Gasteiger partial charge is 0.330 e. The molecule has 0 aliphatic carbocycles. The van der Waals surface area contributed by atoms with Crippen molar-refractivity contribution in [2.75, 3.05) is 6.54 Å². The molecule has 0 radical (unpaired) electrons. The Morgan fingerprint density at radius 1 is 1.73 bits per heavy atom. The van der Waals surface area contributed by atoms with Crippen LogP contribution in [-0.4, -0.2) is 11.5 Å². The molecule has 1 aromatic heterocycles. The lowest BCUT2D eigenvalue weighted by Crippen LogP contribution is -2.28. The summed E-state index contributed by atoms with van der Waals surface area (Å²) in [6.07, 6.45) is 0. The van der Waals surface area contributed by atoms with Crippen molar-refractivity contribution in [3.05, 3.63) is 15.0 Å². The monoisotopic (exact) mass is 234 g/mol. The van der Waals surface area contributed by atoms with Gasteiger partial charge in [-0.3, -0.25) is 0 Å². The average molecular weight is 235 g/mol. The van der Waals surface area contributed by atoms with E-state index >= 15 is 0 Å². The van der Waals surface area contributed by atoms with Crippen LogP contribution in [0.1, 0.15) is 19.5 Å². The van der Waals surface area contributed by atoms with Crippen LogP contribution in [0, 0.1) is 0 Å². The minimum atomic E-state index is -0.0150. The third kappa shape index (κ3) is 1.80. The van der Waals surface area contributed by atoms with E-state index < -0.39 is 0 Å². The molecule has 1 heterocycles. The van der Waals surface area contributed by atoms with Gasteiger partial charge in [0.2, 0.25) is 0 Å². The molecule has 0 aliphatic heterocycles. The number of rotatable bonds is 2. The molecule has 4 heteroatoms. The van der Waals surface area contributed by atoms with Gasteiger partial charge in [0.25, 0.3) is 0 Å². The first-order valence-corrected chi connectivity index (χ1v) is 5.05. The summed E-state index contributed by atoms with van der Waals surface area (Å²) in [7, 11) is 0. The van der Waals surface area contributed by atoms with E-state index in [0.29, 0.717) is 6.54 Å². The summed E-state index contributed by atoms with van der Waals surface area (Å²) in [5.74, 6) is 0. The van der Waals surface area contributed by atoms with Crippen LogP contribution >= 0.6 is 27.3 Å². The lowest BCUT2D eigenvalue weighted by molar-refractivity contribution is 0.522. The molecule has 0 aromatic carbocycles. The van der Waals surface area contributed by atoms with Gasteiger partial charge in [-0.15, -0.1) is 11.3 Å². The van der Waals surface area contributed by atoms with Crippen LogP contribution in [0.5, 0.6) is 0 Å². The minimum Gasteiger partial charge on any atom is -0.330 e. The third-order valence-electron chi connectivity index (χ3n) is 1.68. The van der Waals surface area contributed by atoms with Crippen LogP contribution in [0.3, 0.4) is 0 Å². The van der Waals surface area contributed by atoms with Crippen molar-refractivity contribution in [2.24, 2.45) is 5.73 Å². The van der Waals surface area contributed by atoms with Crippen LogP contribution in [0.25, 0.3) is 0 Å². The highest BCUT2D eigenvalue weighted by molar-refractivity contribution is 9.11. The number of hydrogen-bond acceptors (Lipinski definition) is 3. The SMILES string of the molecule is CC(C)(CN)c1ncsc1Br. The predicted molar refractivity (Wildman–Crippen MR) is 51.9 cm³/mol. The van der Waals surface area contributed by atoms with Crippen molar-refractivity contribution in [1.82, 2.24) is 4.98 Å². The minimum absolute atomic E-state index is 0.0150. The van der Waals surface area contributed by atoms with Crippen molar-refractivity contribution >= 4 is 27.3 Å². The van der Waals surface area contributed by atoms with Crippen molar-refractivity contribution < 1.29 is 0 Å². The van der Waals surface area contributed by atoms with Crippen LogP contribution in [0.2, 0.25) is 0 Å². The molecule has 0 aliphatic rings. The van der Waals surface area contributed by atoms with Crippen molar-refractivity contribution in [3.8, 4) is 0 Å². The summed E-state index contributed by atoms with van der Waals surface area (Å²) < 4.78 is 1.09. The van der Waals surface area contributed by atoms with E-state index in [1.165, 1.54) is 0 Å². The molecule has 0 spiro atoms. The summed E-state index contributed by atoms with van der Waals surface area (Å²) in [6, 6.07) is 0. The number of halogens is 1. The van der Waals surface area contributed by atoms with Crippen LogP contribution in [0.4, 0.5) is 0 Å². The smallest absolute Gasteiger partial charge is 0.0935 e. The number of nitrogens with zero attached hydrogens (tertiary/aromatic N) is 1. The van der Waals surface area contributed by atoms with Gasteiger partial charge in [0.1, 0.15) is 0 Å². The van der Waals surface area contributed by atoms with Crippen LogP contribution in [0.15, 0.2) is 9.30 Å². The molecule has 0 atom stereocenters. The van der Waals surface area contributed by atoms with E-state index in [2.05, 4.69) is 34.8 Å². The molecule has 2 nitrogen and oxygen atoms in total. The van der Waals surface area contributed by atoms with Crippen LogP contribution < -0.4 is 5.73 Å². The van der Waals surface area contributed by atoms with Gasteiger partial charge >= 0.3 is 0 Å². The molecule has 11 heavy (non-hydrogen) atoms. The normalized spacial score (nSPS) is 12.0. The molecule has 0 saturated heterocycles. The fourth-order valence-corrected chi connectivity index (χ4v) is 2.35. The second-order valence-corrected chi connectivity index (χ2v) is 5.24. The van der Waals surface area contributed by atoms with Crippen molar-refractivity contribution in [1.29, 1.82) is 0 Å². The van der Waals surface area contributed by atoms with Gasteiger partial charge in [-0.25, -0.2) is 4.98 Å². The highest BCUT2D eigenvalue weighted by Crippen LogP contribution is 2.30. The van der Waals surface area contributed by atoms with Gasteiger partial charge in [0.15, 0.2) is 0 Å². The molecule has 1 rings (SSSR count). The Kier molecular flexibility index (Phi) is 2.67. The Balaban J connectivity index is 3.00. The second-order valence-electron chi connectivity index (χ2n) is 3.06. The zero-order valence-corrected chi connectivity index (χ0v) is 9.00. The number of nitrogens with two attached hydrogens (primary N) is 1. The fourth-order valence-electron chi connectivity index (χ4n) is 0.769. The van der Waals surface area contributed by atoms with Gasteiger partial charge in [0, 0.05) is 12.0 Å². The van der Waals surface area contributed by atoms with Gasteiger partial charge in [-0.1, -0.05) is 13.8 Å². The Hall–Kier alpha value is 0.0700. The summed E-state index contributed by atoms with van der Waals surface area (Å²) in [5, 5.41) is 0. The average Bonchev–Trinajstić information content (AvgIpc) is 2.36. The molecule has 0 bridgehead atoms. The van der Waals surface area contributed by atoms with Gasteiger partial charge < -0.3 is 5.73 Å². The van der Waals surface area contributed by atoms with E-state index in [1.807, 2.05) is 5.51 Å². The molecular weight excluding hydrogens is 224 g/mol. The molecule has 1 aromatic rings. The van der Waals surface area contributed by atoms with Crippen molar-refractivity contribution in [3.63, 3.8) is 0 Å². The first kappa shape index (κ1) is 9.16. The summed E-state index contributed by atoms with van der Waals surface area (Å²) in [4.78, 5) is 4.25. The predicted octanol–water partition coefficient (Wildman–Crippen LogP) is 2.14. The quantitative estimate of drug-likeness (QED) is 0.852. The van der Waals surface area contributed by atoms with E-state index in [0.717, 1.165) is 9.48 Å². The summed E-state index contributed by atoms with van der Waals surface area (Å²) >= 11 is 5.04. The van der Waals surface area contributed by atoms with E-state index in [9.17, 15) is 0 Å². The fraction of sp³-hybridized carbons (Fsp3) is 0.571. The highest BCUT2D eigenvalue weighted by Gasteiger charge is 2.23. The number of hydrogen-bond donors (Lipinski definition) is 1. The number of aromatic nitrogens is 1. The van der Waals surface area contributed by atoms with E-state index in [1.54, 1.807) is 11.3 Å². The van der Waals surface area contributed by atoms with Gasteiger partial charge in [0.05, 0.1) is 15.0 Å². The lowest BCUT2D eigenvalue weighted by atomic mass is 9.91. The first-order valence-electron chi connectivity index (χ1n) is 3.37. The van der Waals surface area contributed by atoms with E-state index in [-0.39, 0.29) is 5.41 Å². The molecule has 0 unspecified atom stereocenters. The van der Waals surface area contributed by atoms with Gasteiger partial charge in [-0.05, 0) is 15.9 Å². The highest BCUT2D eigenvalue weighted by atomic mass is 79.9. The zero-order valence-electron chi connectivity index (χ0n) is 6.60. The molecule has 0 saturated carbocycles. The zero-order chi connectivity index (χ0) is 8.48. The lowest BCUT2D eigenvalue weighted by Gasteiger charge is -2.19. The molecular formula is C7H11BrN2S. The Labute approximate surface area is 79.0 Å². The van der Waals surface area contributed by atoms with Crippen LogP contribution in [-0.2, 0) is 5.41 Å². The third-order valence-corrected chi connectivity index (χ3v) is 3.22. The van der Waals surface area contributed by atoms with Gasteiger partial charge in [-0.2, -0.15) is 0 Å². The second kappa shape index (κ2) is 3.21. The van der Waals surface area contributed by atoms with Crippen molar-refractivity contribution in [2.45, 2.75) is 19.3 Å². The Bertz CT molecular complexity index is 244. The number of thiazole rings is 1. The molecule has 62 valence electrons. The Morgan fingerprint density at radius 2 is 2.36 bits per heavy atom. The standard InChI is InChI=1S/C7H11BrN2S/c1-7(2,3-9)5-6(8)11-4-10-5/h4H,3,9H2,1-2H3. The maximum absolute atomic E-state index is 5.61. The topological polar surface area (TPSA) is 38.9 Å². The first-order chi connectivity index (χ1) is 5.08. The summed E-state index contributed by atoms with van der Waals surface area (Å²) in [5.41, 5.74) is 8.49. The maximum Gasteiger partial charge on any atom is 0.0935 e. The Morgan fingerprint density at radius 3 is 2.73 bits per heavy atom. The van der Waals surface area contributed by atoms with E-state index in [4.69, 9.17) is 5.73 Å². The molecule has 0 fully saturated rings. The molecule has 0 amide bonds.